The van der Waals surface area contributed by atoms with Crippen molar-refractivity contribution in [3.63, 3.8) is 0 Å². The lowest BCUT2D eigenvalue weighted by Crippen LogP contribution is -2.27. The number of ether oxygens (including phenoxy) is 1. The lowest BCUT2D eigenvalue weighted by Gasteiger charge is -2.26. The highest BCUT2D eigenvalue weighted by Gasteiger charge is 2.34. The van der Waals surface area contributed by atoms with Gasteiger partial charge in [-0.3, -0.25) is 0 Å². The molecule has 17 heavy (non-hydrogen) atoms. The van der Waals surface area contributed by atoms with E-state index in [4.69, 9.17) is 4.74 Å². The van der Waals surface area contributed by atoms with Gasteiger partial charge < -0.3 is 4.74 Å². The second kappa shape index (κ2) is 5.34. The van der Waals surface area contributed by atoms with Gasteiger partial charge in [0.15, 0.2) is 17.4 Å². The van der Waals surface area contributed by atoms with Gasteiger partial charge in [0.1, 0.15) is 0 Å². The van der Waals surface area contributed by atoms with E-state index in [1.807, 2.05) is 0 Å². The SMILES string of the molecule is Fc1cccc(F)c1OCC1(CBr)CCCC1. The fourth-order valence-electron chi connectivity index (χ4n) is 2.29. The highest BCUT2D eigenvalue weighted by molar-refractivity contribution is 9.09. The van der Waals surface area contributed by atoms with E-state index in [1.54, 1.807) is 0 Å². The predicted molar refractivity (Wildman–Crippen MR) is 66.5 cm³/mol. The summed E-state index contributed by atoms with van der Waals surface area (Å²) >= 11 is 3.48. The van der Waals surface area contributed by atoms with Crippen LogP contribution in [0.1, 0.15) is 25.7 Å². The zero-order valence-electron chi connectivity index (χ0n) is 9.52. The summed E-state index contributed by atoms with van der Waals surface area (Å²) in [5.74, 6) is -1.51. The van der Waals surface area contributed by atoms with Gasteiger partial charge in [-0.2, -0.15) is 0 Å². The van der Waals surface area contributed by atoms with Crippen LogP contribution in [0.2, 0.25) is 0 Å². The molecule has 0 spiro atoms. The molecule has 94 valence electrons. The van der Waals surface area contributed by atoms with E-state index in [1.165, 1.54) is 18.2 Å². The minimum atomic E-state index is -0.632. The van der Waals surface area contributed by atoms with Crippen LogP contribution in [0, 0.1) is 17.0 Å². The highest BCUT2D eigenvalue weighted by atomic mass is 79.9. The van der Waals surface area contributed by atoms with E-state index in [2.05, 4.69) is 15.9 Å². The van der Waals surface area contributed by atoms with Crippen LogP contribution in [-0.4, -0.2) is 11.9 Å². The molecule has 1 aliphatic rings. The van der Waals surface area contributed by atoms with Crippen LogP contribution < -0.4 is 4.74 Å². The zero-order chi connectivity index (χ0) is 12.3. The van der Waals surface area contributed by atoms with Gasteiger partial charge in [0.2, 0.25) is 0 Å². The number of hydrogen-bond donors (Lipinski definition) is 0. The molecule has 0 aromatic heterocycles. The molecule has 4 heteroatoms. The first-order valence-electron chi connectivity index (χ1n) is 5.80. The molecule has 1 nitrogen and oxygen atoms in total. The van der Waals surface area contributed by atoms with E-state index >= 15 is 0 Å². The smallest absolute Gasteiger partial charge is 0.190 e. The van der Waals surface area contributed by atoms with Crippen molar-refractivity contribution in [2.75, 3.05) is 11.9 Å². The molecule has 0 aliphatic heterocycles. The normalized spacial score (nSPS) is 18.3. The molecule has 1 aromatic carbocycles. The maximum atomic E-state index is 13.4. The van der Waals surface area contributed by atoms with Crippen LogP contribution in [0.15, 0.2) is 18.2 Å². The fourth-order valence-corrected chi connectivity index (χ4v) is 3.01. The quantitative estimate of drug-likeness (QED) is 0.754. The second-order valence-electron chi connectivity index (χ2n) is 4.68. The molecule has 0 saturated heterocycles. The van der Waals surface area contributed by atoms with Gasteiger partial charge in [0.25, 0.3) is 0 Å². The molecule has 1 fully saturated rings. The molecule has 1 aromatic rings. The average Bonchev–Trinajstić information content (AvgIpc) is 2.78. The predicted octanol–water partition coefficient (Wildman–Crippen LogP) is 4.30. The molecule has 0 atom stereocenters. The third-order valence-electron chi connectivity index (χ3n) is 3.39. The minimum Gasteiger partial charge on any atom is -0.487 e. The molecule has 0 N–H and O–H groups in total. The standard InChI is InChI=1S/C13H15BrF2O/c14-8-13(6-1-2-7-13)9-17-12-10(15)4-3-5-11(12)16/h3-5H,1-2,6-9H2. The Kier molecular flexibility index (Phi) is 4.02. The Morgan fingerprint density at radius 2 is 1.76 bits per heavy atom. The van der Waals surface area contributed by atoms with Crippen LogP contribution in [0.25, 0.3) is 0 Å². The Hall–Kier alpha value is -0.640. The third-order valence-corrected chi connectivity index (χ3v) is 4.58. The average molecular weight is 305 g/mol. The van der Waals surface area contributed by atoms with Crippen molar-refractivity contribution in [2.24, 2.45) is 5.41 Å². The number of para-hydroxylation sites is 1. The number of benzene rings is 1. The van der Waals surface area contributed by atoms with Crippen molar-refractivity contribution in [1.82, 2.24) is 0 Å². The summed E-state index contributed by atoms with van der Waals surface area (Å²) in [6, 6.07) is 3.77. The van der Waals surface area contributed by atoms with Gasteiger partial charge in [-0.1, -0.05) is 34.8 Å². The monoisotopic (exact) mass is 304 g/mol. The molecule has 0 bridgehead atoms. The molecule has 2 rings (SSSR count). The maximum absolute atomic E-state index is 13.4. The van der Waals surface area contributed by atoms with E-state index in [0.29, 0.717) is 6.61 Å². The Morgan fingerprint density at radius 3 is 2.29 bits per heavy atom. The van der Waals surface area contributed by atoms with Crippen molar-refractivity contribution in [3.8, 4) is 5.75 Å². The molecular formula is C13H15BrF2O. The van der Waals surface area contributed by atoms with Crippen molar-refractivity contribution in [3.05, 3.63) is 29.8 Å². The molecule has 0 radical (unpaired) electrons. The lowest BCUT2D eigenvalue weighted by atomic mass is 9.90. The van der Waals surface area contributed by atoms with Crippen molar-refractivity contribution in [1.29, 1.82) is 0 Å². The van der Waals surface area contributed by atoms with Gasteiger partial charge in [-0.25, -0.2) is 8.78 Å². The van der Waals surface area contributed by atoms with Crippen molar-refractivity contribution >= 4 is 15.9 Å². The minimum absolute atomic E-state index is 0.0364. The second-order valence-corrected chi connectivity index (χ2v) is 5.24. The Balaban J connectivity index is 2.06. The highest BCUT2D eigenvalue weighted by Crippen LogP contribution is 2.40. The summed E-state index contributed by atoms with van der Waals surface area (Å²) in [5, 5.41) is 0.816. The molecule has 0 unspecified atom stereocenters. The van der Waals surface area contributed by atoms with E-state index in [9.17, 15) is 8.78 Å². The van der Waals surface area contributed by atoms with E-state index in [0.717, 1.165) is 31.0 Å². The fraction of sp³-hybridized carbons (Fsp3) is 0.538. The topological polar surface area (TPSA) is 9.23 Å². The summed E-state index contributed by atoms with van der Waals surface area (Å²) in [6.07, 6.45) is 4.42. The van der Waals surface area contributed by atoms with E-state index < -0.39 is 11.6 Å². The van der Waals surface area contributed by atoms with Gasteiger partial charge in [-0.15, -0.1) is 0 Å². The molecule has 1 saturated carbocycles. The van der Waals surface area contributed by atoms with Gasteiger partial charge in [0.05, 0.1) is 6.61 Å². The first kappa shape index (κ1) is 12.8. The molecule has 1 aliphatic carbocycles. The van der Waals surface area contributed by atoms with Gasteiger partial charge >= 0.3 is 0 Å². The Labute approximate surface area is 108 Å². The van der Waals surface area contributed by atoms with Gasteiger partial charge in [-0.05, 0) is 25.0 Å². The number of halogens is 3. The summed E-state index contributed by atoms with van der Waals surface area (Å²) in [7, 11) is 0. The summed E-state index contributed by atoms with van der Waals surface area (Å²) in [6.45, 7) is 0.371. The molecule has 0 amide bonds. The first-order chi connectivity index (χ1) is 8.17. The Morgan fingerprint density at radius 1 is 1.18 bits per heavy atom. The maximum Gasteiger partial charge on any atom is 0.190 e. The number of hydrogen-bond acceptors (Lipinski definition) is 1. The lowest BCUT2D eigenvalue weighted by molar-refractivity contribution is 0.162. The number of rotatable bonds is 4. The van der Waals surface area contributed by atoms with Crippen LogP contribution >= 0.6 is 15.9 Å². The first-order valence-corrected chi connectivity index (χ1v) is 6.92. The molecular weight excluding hydrogens is 290 g/mol. The van der Waals surface area contributed by atoms with Gasteiger partial charge in [0, 0.05) is 10.7 Å². The molecule has 0 heterocycles. The zero-order valence-corrected chi connectivity index (χ0v) is 11.1. The van der Waals surface area contributed by atoms with Crippen molar-refractivity contribution in [2.45, 2.75) is 25.7 Å². The van der Waals surface area contributed by atoms with Crippen LogP contribution in [0.4, 0.5) is 8.78 Å². The summed E-state index contributed by atoms with van der Waals surface area (Å²) < 4.78 is 32.1. The third kappa shape index (κ3) is 2.79. The van der Waals surface area contributed by atoms with Crippen LogP contribution in [-0.2, 0) is 0 Å². The van der Waals surface area contributed by atoms with Crippen LogP contribution in [0.3, 0.4) is 0 Å². The van der Waals surface area contributed by atoms with Crippen molar-refractivity contribution < 1.29 is 13.5 Å². The summed E-state index contributed by atoms with van der Waals surface area (Å²) in [4.78, 5) is 0. The van der Waals surface area contributed by atoms with Crippen LogP contribution in [0.5, 0.6) is 5.75 Å². The Bertz CT molecular complexity index is 369. The number of alkyl halides is 1. The van der Waals surface area contributed by atoms with E-state index in [-0.39, 0.29) is 11.2 Å². The summed E-state index contributed by atoms with van der Waals surface area (Å²) in [5.41, 5.74) is 0.0364. The largest absolute Gasteiger partial charge is 0.487 e.